The molecule has 0 spiro atoms. The van der Waals surface area contributed by atoms with E-state index in [1.807, 2.05) is 0 Å². The number of nitrogens with one attached hydrogen (secondary N) is 1. The number of aromatic amines is 1. The summed E-state index contributed by atoms with van der Waals surface area (Å²) in [5, 5.41) is 0. The predicted molar refractivity (Wildman–Crippen MR) is 47.0 cm³/mol. The number of carbonyl (C=O) groups excluding carboxylic acids is 2. The molecule has 0 aliphatic rings. The van der Waals surface area contributed by atoms with Crippen LogP contribution in [0.3, 0.4) is 0 Å². The van der Waals surface area contributed by atoms with E-state index in [0.29, 0.717) is 22.5 Å². The van der Waals surface area contributed by atoms with Gasteiger partial charge in [-0.1, -0.05) is 0 Å². The van der Waals surface area contributed by atoms with Crippen molar-refractivity contribution < 1.29 is 14.3 Å². The normalized spacial score (nSPS) is 9.77. The van der Waals surface area contributed by atoms with Crippen LogP contribution in [0.1, 0.15) is 32.1 Å². The summed E-state index contributed by atoms with van der Waals surface area (Å²) in [5.41, 5.74) is 2.20. The minimum atomic E-state index is -0.450. The number of aryl methyl sites for hydroxylation is 1. The molecule has 0 atom stereocenters. The van der Waals surface area contributed by atoms with Crippen LogP contribution in [0.2, 0.25) is 0 Å². The standard InChI is InChI=1S/C9H11NO3/c1-5-7(4-11)6(2)10-8(5)9(12)13-3/h4,10H,1-3H3. The van der Waals surface area contributed by atoms with Crippen molar-refractivity contribution in [2.24, 2.45) is 0 Å². The average molecular weight is 181 g/mol. The maximum absolute atomic E-state index is 11.1. The number of hydrogen-bond acceptors (Lipinski definition) is 3. The third kappa shape index (κ3) is 1.47. The molecule has 1 rings (SSSR count). The van der Waals surface area contributed by atoms with Crippen molar-refractivity contribution in [3.63, 3.8) is 0 Å². The van der Waals surface area contributed by atoms with Crippen LogP contribution in [0.25, 0.3) is 0 Å². The lowest BCUT2D eigenvalue weighted by molar-refractivity contribution is 0.0594. The number of ether oxygens (including phenoxy) is 1. The zero-order chi connectivity index (χ0) is 10.0. The van der Waals surface area contributed by atoms with Gasteiger partial charge in [0.25, 0.3) is 0 Å². The Hall–Kier alpha value is -1.58. The predicted octanol–water partition coefficient (Wildman–Crippen LogP) is 1.23. The van der Waals surface area contributed by atoms with Crippen molar-refractivity contribution in [2.45, 2.75) is 13.8 Å². The lowest BCUT2D eigenvalue weighted by Crippen LogP contribution is -2.03. The van der Waals surface area contributed by atoms with Crippen LogP contribution in [0.5, 0.6) is 0 Å². The van der Waals surface area contributed by atoms with Gasteiger partial charge < -0.3 is 9.72 Å². The van der Waals surface area contributed by atoms with Crippen molar-refractivity contribution in [3.8, 4) is 0 Å². The lowest BCUT2D eigenvalue weighted by atomic mass is 10.1. The first-order valence-electron chi connectivity index (χ1n) is 3.84. The van der Waals surface area contributed by atoms with Gasteiger partial charge in [0.1, 0.15) is 5.69 Å². The largest absolute Gasteiger partial charge is 0.464 e. The summed E-state index contributed by atoms with van der Waals surface area (Å²) in [5.74, 6) is -0.450. The number of H-pyrrole nitrogens is 1. The molecule has 0 bridgehead atoms. The smallest absolute Gasteiger partial charge is 0.354 e. The van der Waals surface area contributed by atoms with Gasteiger partial charge >= 0.3 is 5.97 Å². The molecule has 0 unspecified atom stereocenters. The molecule has 0 aliphatic heterocycles. The Kier molecular flexibility index (Phi) is 2.51. The molecule has 0 radical (unpaired) electrons. The highest BCUT2D eigenvalue weighted by molar-refractivity contribution is 5.93. The summed E-state index contributed by atoms with van der Waals surface area (Å²) in [4.78, 5) is 24.6. The Morgan fingerprint density at radius 2 is 2.08 bits per heavy atom. The van der Waals surface area contributed by atoms with E-state index >= 15 is 0 Å². The van der Waals surface area contributed by atoms with Crippen LogP contribution in [-0.4, -0.2) is 24.3 Å². The number of aromatic nitrogens is 1. The Morgan fingerprint density at radius 1 is 1.46 bits per heavy atom. The van der Waals surface area contributed by atoms with Gasteiger partial charge in [-0.3, -0.25) is 4.79 Å². The first-order chi connectivity index (χ1) is 6.11. The minimum Gasteiger partial charge on any atom is -0.464 e. The van der Waals surface area contributed by atoms with Gasteiger partial charge in [0, 0.05) is 11.3 Å². The van der Waals surface area contributed by atoms with Crippen molar-refractivity contribution in [3.05, 3.63) is 22.5 Å². The van der Waals surface area contributed by atoms with E-state index in [2.05, 4.69) is 9.72 Å². The van der Waals surface area contributed by atoms with Crippen molar-refractivity contribution in [1.82, 2.24) is 4.98 Å². The van der Waals surface area contributed by atoms with Gasteiger partial charge in [-0.15, -0.1) is 0 Å². The van der Waals surface area contributed by atoms with Crippen LogP contribution in [0.15, 0.2) is 0 Å². The fourth-order valence-corrected chi connectivity index (χ4v) is 1.25. The van der Waals surface area contributed by atoms with Gasteiger partial charge in [-0.05, 0) is 19.4 Å². The molecule has 1 aromatic heterocycles. The van der Waals surface area contributed by atoms with Gasteiger partial charge in [-0.2, -0.15) is 0 Å². The summed E-state index contributed by atoms with van der Waals surface area (Å²) in [7, 11) is 1.30. The zero-order valence-corrected chi connectivity index (χ0v) is 7.80. The number of aldehydes is 1. The molecular formula is C9H11NO3. The van der Waals surface area contributed by atoms with Gasteiger partial charge in [-0.25, -0.2) is 4.79 Å². The molecule has 1 N–H and O–H groups in total. The van der Waals surface area contributed by atoms with Crippen LogP contribution in [-0.2, 0) is 4.74 Å². The topological polar surface area (TPSA) is 59.2 Å². The Balaban J connectivity index is 3.25. The summed E-state index contributed by atoms with van der Waals surface area (Å²) in [6.07, 6.45) is 0.730. The van der Waals surface area contributed by atoms with E-state index in [0.717, 1.165) is 6.29 Å². The summed E-state index contributed by atoms with van der Waals surface area (Å²) >= 11 is 0. The highest BCUT2D eigenvalue weighted by Crippen LogP contribution is 2.16. The molecule has 1 heterocycles. The summed E-state index contributed by atoms with van der Waals surface area (Å²) < 4.78 is 4.54. The molecule has 0 saturated carbocycles. The van der Waals surface area contributed by atoms with Gasteiger partial charge in [0.05, 0.1) is 7.11 Å². The monoisotopic (exact) mass is 181 g/mol. The third-order valence-electron chi connectivity index (χ3n) is 2.00. The Labute approximate surface area is 75.9 Å². The van der Waals surface area contributed by atoms with E-state index in [4.69, 9.17) is 0 Å². The van der Waals surface area contributed by atoms with E-state index in [1.165, 1.54) is 7.11 Å². The maximum Gasteiger partial charge on any atom is 0.354 e. The third-order valence-corrected chi connectivity index (χ3v) is 2.00. The highest BCUT2D eigenvalue weighted by Gasteiger charge is 2.16. The van der Waals surface area contributed by atoms with Crippen LogP contribution in [0, 0.1) is 13.8 Å². The lowest BCUT2D eigenvalue weighted by Gasteiger charge is -1.96. The first-order valence-corrected chi connectivity index (χ1v) is 3.84. The number of rotatable bonds is 2. The zero-order valence-electron chi connectivity index (χ0n) is 7.80. The molecule has 70 valence electrons. The number of methoxy groups -OCH3 is 1. The van der Waals surface area contributed by atoms with Crippen LogP contribution < -0.4 is 0 Å². The molecule has 0 saturated heterocycles. The number of carbonyl (C=O) groups is 2. The first kappa shape index (κ1) is 9.51. The van der Waals surface area contributed by atoms with E-state index < -0.39 is 5.97 Å². The highest BCUT2D eigenvalue weighted by atomic mass is 16.5. The minimum absolute atomic E-state index is 0.349. The van der Waals surface area contributed by atoms with Crippen molar-refractivity contribution >= 4 is 12.3 Å². The molecule has 4 nitrogen and oxygen atoms in total. The van der Waals surface area contributed by atoms with Gasteiger partial charge in [0.2, 0.25) is 0 Å². The quantitative estimate of drug-likeness (QED) is 0.551. The second-order valence-electron chi connectivity index (χ2n) is 2.77. The SMILES string of the molecule is COC(=O)c1[nH]c(C)c(C=O)c1C. The summed E-state index contributed by atoms with van der Waals surface area (Å²) in [6.45, 7) is 3.45. The van der Waals surface area contributed by atoms with Crippen LogP contribution in [0.4, 0.5) is 0 Å². The Morgan fingerprint density at radius 3 is 2.46 bits per heavy atom. The fourth-order valence-electron chi connectivity index (χ4n) is 1.25. The number of hydrogen-bond donors (Lipinski definition) is 1. The van der Waals surface area contributed by atoms with Gasteiger partial charge in [0.15, 0.2) is 6.29 Å². The maximum atomic E-state index is 11.1. The molecule has 0 fully saturated rings. The van der Waals surface area contributed by atoms with Crippen molar-refractivity contribution in [1.29, 1.82) is 0 Å². The molecule has 1 aromatic rings. The molecule has 0 aliphatic carbocycles. The van der Waals surface area contributed by atoms with E-state index in [1.54, 1.807) is 13.8 Å². The fraction of sp³-hybridized carbons (Fsp3) is 0.333. The van der Waals surface area contributed by atoms with Crippen molar-refractivity contribution in [2.75, 3.05) is 7.11 Å². The second kappa shape index (κ2) is 3.43. The molecule has 0 amide bonds. The molecule has 13 heavy (non-hydrogen) atoms. The molecular weight excluding hydrogens is 170 g/mol. The second-order valence-corrected chi connectivity index (χ2v) is 2.77. The molecule has 0 aromatic carbocycles. The van der Waals surface area contributed by atoms with Crippen LogP contribution >= 0.6 is 0 Å². The van der Waals surface area contributed by atoms with E-state index in [-0.39, 0.29) is 0 Å². The summed E-state index contributed by atoms with van der Waals surface area (Å²) in [6, 6.07) is 0. The Bertz CT molecular complexity index is 352. The number of esters is 1. The average Bonchev–Trinajstić information content (AvgIpc) is 2.40. The van der Waals surface area contributed by atoms with E-state index in [9.17, 15) is 9.59 Å². The molecule has 4 heteroatoms.